The summed E-state index contributed by atoms with van der Waals surface area (Å²) in [7, 11) is -6.75. The first-order valence-corrected chi connectivity index (χ1v) is 19.0. The van der Waals surface area contributed by atoms with Crippen molar-refractivity contribution < 1.29 is 40.5 Å². The molecule has 3 unspecified atom stereocenters. The van der Waals surface area contributed by atoms with Gasteiger partial charge in [0.25, 0.3) is 10.1 Å². The molecule has 3 heterocycles. The van der Waals surface area contributed by atoms with Gasteiger partial charge in [-0.05, 0) is 109 Å². The monoisotopic (exact) mass is 658 g/mol. The minimum atomic E-state index is -3.95. The zero-order valence-corrected chi connectivity index (χ0v) is 27.3. The highest BCUT2D eigenvalue weighted by molar-refractivity contribution is 8.33. The van der Waals surface area contributed by atoms with Crippen molar-refractivity contribution in [2.45, 2.75) is 91.8 Å². The van der Waals surface area contributed by atoms with Crippen LogP contribution in [0.5, 0.6) is 17.2 Å². The van der Waals surface area contributed by atoms with E-state index in [1.807, 2.05) is 79.7 Å². The largest absolute Gasteiger partial charge is 0.465 e. The van der Waals surface area contributed by atoms with E-state index in [2.05, 4.69) is 0 Å². The van der Waals surface area contributed by atoms with Crippen molar-refractivity contribution in [2.75, 3.05) is 25.6 Å². The quantitative estimate of drug-likeness (QED) is 0.174. The molecule has 0 aromatic heterocycles. The molecule has 0 bridgehead atoms. The average molecular weight is 659 g/mol. The molecule has 3 aliphatic rings. The lowest BCUT2D eigenvalue weighted by atomic mass is 10.3. The first-order valence-electron chi connectivity index (χ1n) is 15.9. The van der Waals surface area contributed by atoms with Crippen LogP contribution in [-0.2, 0) is 28.0 Å². The molecule has 0 amide bonds. The summed E-state index contributed by atoms with van der Waals surface area (Å²) in [5.74, 6) is 1.86. The fraction of sp³-hybridized carbons (Fsp3) is 0.471. The van der Waals surface area contributed by atoms with E-state index >= 15 is 0 Å². The van der Waals surface area contributed by atoms with Crippen molar-refractivity contribution in [1.82, 2.24) is 0 Å². The maximum Gasteiger partial charge on any atom is 0.277 e. The second-order valence-electron chi connectivity index (χ2n) is 11.3. The molecule has 3 aromatic carbocycles. The topological polar surface area (TPSA) is 98.8 Å². The summed E-state index contributed by atoms with van der Waals surface area (Å²) >= 11 is 0. The number of hydrogen-bond acceptors (Lipinski definition) is 9. The summed E-state index contributed by atoms with van der Waals surface area (Å²) in [6.07, 6.45) is 5.72. The Morgan fingerprint density at radius 1 is 0.600 bits per heavy atom. The number of unbranched alkanes of at least 4 members (excludes halogenated alkanes) is 1. The van der Waals surface area contributed by atoms with Gasteiger partial charge in [-0.3, -0.25) is 0 Å². The molecular weight excluding hydrogens is 616 g/mol. The van der Waals surface area contributed by atoms with Crippen LogP contribution in [0.4, 0.5) is 0 Å². The number of hydrogen-bond donors (Lipinski definition) is 0. The Kier molecular flexibility index (Phi) is 10.5. The first-order chi connectivity index (χ1) is 21.9. The molecule has 0 aliphatic carbocycles. The van der Waals surface area contributed by atoms with E-state index in [1.165, 1.54) is 0 Å². The van der Waals surface area contributed by atoms with Crippen LogP contribution in [0, 0.1) is 0 Å². The van der Waals surface area contributed by atoms with Crippen molar-refractivity contribution in [3.8, 4) is 17.2 Å². The third kappa shape index (κ3) is 7.96. The van der Waals surface area contributed by atoms with Crippen molar-refractivity contribution in [1.29, 1.82) is 0 Å². The van der Waals surface area contributed by atoms with E-state index in [0.717, 1.165) is 44.9 Å². The molecule has 0 saturated carbocycles. The molecule has 3 atom stereocenters. The zero-order valence-electron chi connectivity index (χ0n) is 25.6. The van der Waals surface area contributed by atoms with Gasteiger partial charge in [0.1, 0.15) is 17.2 Å². The lowest BCUT2D eigenvalue weighted by Crippen LogP contribution is -2.18. The second-order valence-corrected chi connectivity index (χ2v) is 15.9. The Labute approximate surface area is 267 Å². The molecule has 9 nitrogen and oxygen atoms in total. The van der Waals surface area contributed by atoms with E-state index < -0.39 is 20.4 Å². The van der Waals surface area contributed by atoms with Gasteiger partial charge < -0.3 is 28.4 Å². The number of ether oxygens (including phenoxy) is 6. The van der Waals surface area contributed by atoms with Crippen LogP contribution in [0.1, 0.15) is 58.3 Å². The van der Waals surface area contributed by atoms with Gasteiger partial charge in [0.05, 0.1) is 25.6 Å². The predicted molar refractivity (Wildman–Crippen MR) is 170 cm³/mol. The summed E-state index contributed by atoms with van der Waals surface area (Å²) in [5.41, 5.74) is 0. The van der Waals surface area contributed by atoms with Crippen LogP contribution >= 0.6 is 10.3 Å². The maximum absolute atomic E-state index is 13.7. The van der Waals surface area contributed by atoms with Crippen molar-refractivity contribution in [3.63, 3.8) is 0 Å². The van der Waals surface area contributed by atoms with Gasteiger partial charge in [-0.15, -0.1) is 0 Å². The number of rotatable bonds is 14. The van der Waals surface area contributed by atoms with Crippen LogP contribution < -0.4 is 14.2 Å². The van der Waals surface area contributed by atoms with Gasteiger partial charge >= 0.3 is 0 Å². The normalized spacial score (nSPS) is 23.8. The average Bonchev–Trinajstić information content (AvgIpc) is 3.86. The Hall–Kier alpha value is -2.80. The van der Waals surface area contributed by atoms with Gasteiger partial charge in [-0.1, -0.05) is 13.3 Å². The van der Waals surface area contributed by atoms with Gasteiger partial charge in [0, 0.05) is 33.9 Å². The Morgan fingerprint density at radius 3 is 1.24 bits per heavy atom. The Morgan fingerprint density at radius 2 is 0.956 bits per heavy atom. The molecule has 0 N–H and O–H groups in total. The van der Waals surface area contributed by atoms with Crippen LogP contribution in [0.2, 0.25) is 0 Å². The molecule has 0 spiro atoms. The molecule has 3 saturated heterocycles. The number of benzene rings is 3. The Balaban J connectivity index is 1.41. The fourth-order valence-electron chi connectivity index (χ4n) is 5.54. The molecule has 3 aromatic rings. The first kappa shape index (κ1) is 32.2. The fourth-order valence-corrected chi connectivity index (χ4v) is 11.0. The van der Waals surface area contributed by atoms with E-state index in [4.69, 9.17) is 32.1 Å². The van der Waals surface area contributed by atoms with Crippen molar-refractivity contribution in [2.24, 2.45) is 0 Å². The standard InChI is InChI=1S/C34H42O9S2/c1-2-3-25-44(35,36)43-45(29-16-10-26(11-17-29)40-32-7-4-22-37-32,30-18-12-27(13-19-30)41-33-8-5-23-38-33)31-20-14-28(15-21-31)42-34-9-6-24-39-34/h10-21,32-34H,2-9,22-25H2,1H3. The van der Waals surface area contributed by atoms with Crippen LogP contribution in [-0.4, -0.2) is 52.9 Å². The van der Waals surface area contributed by atoms with Gasteiger partial charge in [0.2, 0.25) is 0 Å². The molecule has 3 aliphatic heterocycles. The van der Waals surface area contributed by atoms with Gasteiger partial charge in [-0.25, -0.2) is 3.63 Å². The van der Waals surface area contributed by atoms with Crippen molar-refractivity contribution in [3.05, 3.63) is 72.8 Å². The zero-order chi connectivity index (χ0) is 31.1. The van der Waals surface area contributed by atoms with E-state index in [9.17, 15) is 8.42 Å². The van der Waals surface area contributed by atoms with Crippen molar-refractivity contribution >= 4 is 20.4 Å². The minimum absolute atomic E-state index is 0.0844. The smallest absolute Gasteiger partial charge is 0.277 e. The third-order valence-electron chi connectivity index (χ3n) is 7.89. The van der Waals surface area contributed by atoms with Crippen LogP contribution in [0.25, 0.3) is 0 Å². The summed E-state index contributed by atoms with van der Waals surface area (Å²) in [6.45, 7) is 4.00. The Bertz CT molecular complexity index is 1310. The molecule has 45 heavy (non-hydrogen) atoms. The van der Waals surface area contributed by atoms with Crippen LogP contribution in [0.15, 0.2) is 87.5 Å². The van der Waals surface area contributed by atoms with E-state index in [0.29, 0.717) is 58.2 Å². The molecule has 6 rings (SSSR count). The molecule has 0 radical (unpaired) electrons. The SMILES string of the molecule is CCCCS(=O)(=O)OS(c1ccc(OC2CCCO2)cc1)(c1ccc(OC2CCCO2)cc1)c1ccc(OC2CCCO2)cc1. The summed E-state index contributed by atoms with van der Waals surface area (Å²) in [4.78, 5) is 2.13. The predicted octanol–water partition coefficient (Wildman–Crippen LogP) is 7.58. The lowest BCUT2D eigenvalue weighted by Gasteiger charge is -2.39. The minimum Gasteiger partial charge on any atom is -0.465 e. The molecule has 11 heteroatoms. The summed E-state index contributed by atoms with van der Waals surface area (Å²) in [5, 5.41) is 0. The van der Waals surface area contributed by atoms with Gasteiger partial charge in [-0.2, -0.15) is 8.42 Å². The maximum atomic E-state index is 13.7. The second kappa shape index (κ2) is 14.7. The van der Waals surface area contributed by atoms with E-state index in [-0.39, 0.29) is 24.6 Å². The highest BCUT2D eigenvalue weighted by Gasteiger charge is 2.38. The summed E-state index contributed by atoms with van der Waals surface area (Å²) < 4.78 is 68.9. The lowest BCUT2D eigenvalue weighted by molar-refractivity contribution is -0.0393. The molecule has 3 fully saturated rings. The van der Waals surface area contributed by atoms with E-state index in [1.54, 1.807) is 0 Å². The highest BCUT2D eigenvalue weighted by atomic mass is 32.3. The van der Waals surface area contributed by atoms with Crippen LogP contribution in [0.3, 0.4) is 0 Å². The third-order valence-corrected chi connectivity index (χ3v) is 13.1. The molecular formula is C34H42O9S2. The highest BCUT2D eigenvalue weighted by Crippen LogP contribution is 2.70. The van der Waals surface area contributed by atoms with Gasteiger partial charge in [0.15, 0.2) is 18.9 Å². The summed E-state index contributed by atoms with van der Waals surface area (Å²) in [6, 6.07) is 22.5. The molecule has 244 valence electrons.